The molecule has 0 aromatic carbocycles. The Kier molecular flexibility index (Phi) is 6.56. The van der Waals surface area contributed by atoms with Gasteiger partial charge in [-0.3, -0.25) is 0 Å². The van der Waals surface area contributed by atoms with E-state index in [1.54, 1.807) is 25.3 Å². The van der Waals surface area contributed by atoms with Crippen LogP contribution in [0.15, 0.2) is 29.0 Å². The van der Waals surface area contributed by atoms with Crippen molar-refractivity contribution in [2.75, 3.05) is 26.4 Å². The fourth-order valence-electron chi connectivity index (χ4n) is 1.78. The highest BCUT2D eigenvalue weighted by atomic mass is 16.5. The Bertz CT molecular complexity index is 626. The van der Waals surface area contributed by atoms with Gasteiger partial charge in [-0.25, -0.2) is 14.8 Å². The molecule has 7 nitrogen and oxygen atoms in total. The molecular formula is C16H20N2O5. The molecule has 0 atom stereocenters. The van der Waals surface area contributed by atoms with Gasteiger partial charge < -0.3 is 18.6 Å². The molecule has 0 unspecified atom stereocenters. The lowest BCUT2D eigenvalue weighted by Crippen LogP contribution is -2.07. The quantitative estimate of drug-likeness (QED) is 0.519. The van der Waals surface area contributed by atoms with Crippen LogP contribution in [0.2, 0.25) is 0 Å². The number of oxazole rings is 1. The number of carbonyl (C=O) groups is 1. The molecule has 2 heterocycles. The van der Waals surface area contributed by atoms with E-state index in [0.717, 1.165) is 6.42 Å². The zero-order valence-corrected chi connectivity index (χ0v) is 13.3. The zero-order chi connectivity index (χ0) is 16.5. The number of ether oxygens (including phenoxy) is 3. The van der Waals surface area contributed by atoms with Gasteiger partial charge in [0.1, 0.15) is 12.9 Å². The van der Waals surface area contributed by atoms with E-state index in [0.29, 0.717) is 37.2 Å². The Morgan fingerprint density at radius 2 is 2.13 bits per heavy atom. The largest absolute Gasteiger partial charge is 0.475 e. The van der Waals surface area contributed by atoms with Gasteiger partial charge in [0.2, 0.25) is 11.8 Å². The third-order valence-corrected chi connectivity index (χ3v) is 2.80. The van der Waals surface area contributed by atoms with Crippen LogP contribution >= 0.6 is 0 Å². The molecule has 7 heteroatoms. The second kappa shape index (κ2) is 8.89. The summed E-state index contributed by atoms with van der Waals surface area (Å²) in [6.45, 7) is 5.70. The van der Waals surface area contributed by atoms with E-state index in [-0.39, 0.29) is 12.3 Å². The van der Waals surface area contributed by atoms with Gasteiger partial charge in [0.25, 0.3) is 0 Å². The smallest absolute Gasteiger partial charge is 0.360 e. The van der Waals surface area contributed by atoms with Crippen molar-refractivity contribution in [2.45, 2.75) is 20.3 Å². The summed E-state index contributed by atoms with van der Waals surface area (Å²) in [4.78, 5) is 19.8. The van der Waals surface area contributed by atoms with Gasteiger partial charge >= 0.3 is 5.97 Å². The van der Waals surface area contributed by atoms with Crippen molar-refractivity contribution in [1.82, 2.24) is 9.97 Å². The highest BCUT2D eigenvalue weighted by Crippen LogP contribution is 2.21. The molecule has 0 saturated carbocycles. The van der Waals surface area contributed by atoms with E-state index >= 15 is 0 Å². The molecule has 0 saturated heterocycles. The van der Waals surface area contributed by atoms with Crippen LogP contribution in [0, 0.1) is 0 Å². The van der Waals surface area contributed by atoms with Gasteiger partial charge in [0.05, 0.1) is 13.2 Å². The minimum absolute atomic E-state index is 0.133. The molecule has 0 spiro atoms. The first kappa shape index (κ1) is 17.0. The molecule has 0 aliphatic carbocycles. The SMILES string of the molecule is CCCOCCOc1cc(-c2nc(C(=O)OCC)co2)ccn1. The van der Waals surface area contributed by atoms with Gasteiger partial charge in [-0.15, -0.1) is 0 Å². The Balaban J connectivity index is 1.98. The maximum absolute atomic E-state index is 11.6. The van der Waals surface area contributed by atoms with E-state index < -0.39 is 5.97 Å². The van der Waals surface area contributed by atoms with Gasteiger partial charge in [-0.1, -0.05) is 6.92 Å². The summed E-state index contributed by atoms with van der Waals surface area (Å²) in [7, 11) is 0. The fourth-order valence-corrected chi connectivity index (χ4v) is 1.78. The number of carbonyl (C=O) groups excluding carboxylic acids is 1. The van der Waals surface area contributed by atoms with E-state index in [1.165, 1.54) is 6.26 Å². The van der Waals surface area contributed by atoms with Crippen LogP contribution in [-0.4, -0.2) is 42.4 Å². The number of aromatic nitrogens is 2. The van der Waals surface area contributed by atoms with Crippen LogP contribution in [0.4, 0.5) is 0 Å². The zero-order valence-electron chi connectivity index (χ0n) is 13.3. The van der Waals surface area contributed by atoms with Gasteiger partial charge in [-0.2, -0.15) is 0 Å². The van der Waals surface area contributed by atoms with Gasteiger partial charge in [0.15, 0.2) is 5.69 Å². The molecule has 0 aliphatic rings. The number of hydrogen-bond donors (Lipinski definition) is 0. The van der Waals surface area contributed by atoms with Crippen LogP contribution in [0.3, 0.4) is 0 Å². The lowest BCUT2D eigenvalue weighted by Gasteiger charge is -2.06. The van der Waals surface area contributed by atoms with Crippen molar-refractivity contribution >= 4 is 5.97 Å². The first-order valence-corrected chi connectivity index (χ1v) is 7.54. The molecular weight excluding hydrogens is 300 g/mol. The summed E-state index contributed by atoms with van der Waals surface area (Å²) in [6, 6.07) is 3.42. The standard InChI is InChI=1S/C16H20N2O5/c1-3-7-20-8-9-22-14-10-12(5-6-17-14)15-18-13(11-23-15)16(19)21-4-2/h5-6,10-11H,3-4,7-9H2,1-2H3. The molecule has 0 fully saturated rings. The summed E-state index contributed by atoms with van der Waals surface area (Å²) in [5.74, 6) is 0.238. The monoisotopic (exact) mass is 320 g/mol. The summed E-state index contributed by atoms with van der Waals surface area (Å²) in [6.07, 6.45) is 3.83. The summed E-state index contributed by atoms with van der Waals surface area (Å²) < 4.78 is 21.0. The molecule has 0 amide bonds. The molecule has 2 aromatic heterocycles. The van der Waals surface area contributed by atoms with E-state index in [1.807, 2.05) is 6.92 Å². The molecule has 124 valence electrons. The highest BCUT2D eigenvalue weighted by Gasteiger charge is 2.14. The minimum Gasteiger partial charge on any atom is -0.475 e. The van der Waals surface area contributed by atoms with E-state index in [2.05, 4.69) is 9.97 Å². The molecule has 23 heavy (non-hydrogen) atoms. The third kappa shape index (κ3) is 5.07. The van der Waals surface area contributed by atoms with Crippen LogP contribution < -0.4 is 4.74 Å². The third-order valence-electron chi connectivity index (χ3n) is 2.80. The molecule has 2 aromatic rings. The first-order valence-electron chi connectivity index (χ1n) is 7.54. The average Bonchev–Trinajstić information content (AvgIpc) is 3.05. The lowest BCUT2D eigenvalue weighted by atomic mass is 10.2. The second-order valence-corrected chi connectivity index (χ2v) is 4.60. The highest BCUT2D eigenvalue weighted by molar-refractivity contribution is 5.87. The average molecular weight is 320 g/mol. The number of hydrogen-bond acceptors (Lipinski definition) is 7. The summed E-state index contributed by atoms with van der Waals surface area (Å²) >= 11 is 0. The predicted octanol–water partition coefficient (Wildman–Crippen LogP) is 2.72. The number of pyridine rings is 1. The Morgan fingerprint density at radius 3 is 2.91 bits per heavy atom. The Morgan fingerprint density at radius 1 is 1.26 bits per heavy atom. The second-order valence-electron chi connectivity index (χ2n) is 4.60. The molecule has 2 rings (SSSR count). The fraction of sp³-hybridized carbons (Fsp3) is 0.438. The normalized spacial score (nSPS) is 10.5. The van der Waals surface area contributed by atoms with Crippen molar-refractivity contribution in [2.24, 2.45) is 0 Å². The van der Waals surface area contributed by atoms with Crippen molar-refractivity contribution in [3.63, 3.8) is 0 Å². The molecule has 0 aliphatic heterocycles. The summed E-state index contributed by atoms with van der Waals surface area (Å²) in [5, 5.41) is 0. The van der Waals surface area contributed by atoms with Crippen molar-refractivity contribution in [1.29, 1.82) is 0 Å². The van der Waals surface area contributed by atoms with Gasteiger partial charge in [-0.05, 0) is 19.4 Å². The van der Waals surface area contributed by atoms with Crippen LogP contribution in [0.1, 0.15) is 30.8 Å². The minimum atomic E-state index is -0.513. The van der Waals surface area contributed by atoms with Crippen LogP contribution in [-0.2, 0) is 9.47 Å². The lowest BCUT2D eigenvalue weighted by molar-refractivity contribution is 0.0519. The van der Waals surface area contributed by atoms with Crippen molar-refractivity contribution in [3.05, 3.63) is 30.3 Å². The predicted molar refractivity (Wildman–Crippen MR) is 82.3 cm³/mol. The number of esters is 1. The van der Waals surface area contributed by atoms with Crippen LogP contribution in [0.25, 0.3) is 11.5 Å². The first-order chi connectivity index (χ1) is 11.2. The molecule has 0 bridgehead atoms. The van der Waals surface area contributed by atoms with E-state index in [9.17, 15) is 4.79 Å². The maximum atomic E-state index is 11.6. The van der Waals surface area contributed by atoms with E-state index in [4.69, 9.17) is 18.6 Å². The number of rotatable bonds is 9. The van der Waals surface area contributed by atoms with Crippen molar-refractivity contribution in [3.8, 4) is 17.3 Å². The Hall–Kier alpha value is -2.41. The maximum Gasteiger partial charge on any atom is 0.360 e. The van der Waals surface area contributed by atoms with Crippen LogP contribution in [0.5, 0.6) is 5.88 Å². The summed E-state index contributed by atoms with van der Waals surface area (Å²) in [5.41, 5.74) is 0.800. The molecule has 0 radical (unpaired) electrons. The number of nitrogens with zero attached hydrogens (tertiary/aromatic N) is 2. The molecule has 0 N–H and O–H groups in total. The van der Waals surface area contributed by atoms with Crippen molar-refractivity contribution < 1.29 is 23.4 Å². The topological polar surface area (TPSA) is 83.7 Å². The Labute approximate surface area is 134 Å². The van der Waals surface area contributed by atoms with Gasteiger partial charge in [0, 0.05) is 24.4 Å².